The van der Waals surface area contributed by atoms with Gasteiger partial charge in [-0.3, -0.25) is 9.69 Å². The molecule has 0 saturated heterocycles. The Hall–Kier alpha value is -3.32. The van der Waals surface area contributed by atoms with Crippen LogP contribution >= 0.6 is 0 Å². The number of carbonyl (C=O) groups excluding carboxylic acids is 1. The van der Waals surface area contributed by atoms with E-state index in [0.717, 1.165) is 49.4 Å². The van der Waals surface area contributed by atoms with Crippen molar-refractivity contribution in [3.8, 4) is 11.5 Å². The summed E-state index contributed by atoms with van der Waals surface area (Å²) in [7, 11) is 3.33. The predicted octanol–water partition coefficient (Wildman–Crippen LogP) is 3.80. The number of H-pyrrole nitrogens is 1. The third kappa shape index (κ3) is 4.20. The van der Waals surface area contributed by atoms with E-state index in [9.17, 15) is 4.79 Å². The third-order valence-corrected chi connectivity index (χ3v) is 6.64. The Morgan fingerprint density at radius 3 is 2.45 bits per heavy atom. The van der Waals surface area contributed by atoms with Gasteiger partial charge in [0, 0.05) is 30.5 Å². The van der Waals surface area contributed by atoms with Gasteiger partial charge in [0.1, 0.15) is 0 Å². The first-order valence-electron chi connectivity index (χ1n) is 11.4. The number of nitrogens with one attached hydrogen (secondary N) is 1. The van der Waals surface area contributed by atoms with E-state index in [1.807, 2.05) is 12.3 Å². The van der Waals surface area contributed by atoms with E-state index in [4.69, 9.17) is 15.2 Å². The van der Waals surface area contributed by atoms with E-state index in [1.54, 1.807) is 20.5 Å². The smallest absolute Gasteiger partial charge is 0.248 e. The van der Waals surface area contributed by atoms with E-state index in [2.05, 4.69) is 46.9 Å². The Morgan fingerprint density at radius 1 is 1.12 bits per heavy atom. The lowest BCUT2D eigenvalue weighted by Gasteiger charge is -2.39. The second-order valence-electron chi connectivity index (χ2n) is 8.34. The summed E-state index contributed by atoms with van der Waals surface area (Å²) >= 11 is 0. The van der Waals surface area contributed by atoms with Crippen molar-refractivity contribution in [3.05, 3.63) is 75.9 Å². The molecular weight excluding hydrogens is 416 g/mol. The van der Waals surface area contributed by atoms with Crippen LogP contribution in [0.5, 0.6) is 11.5 Å². The fraction of sp³-hybridized carbons (Fsp3) is 0.385. The maximum Gasteiger partial charge on any atom is 0.248 e. The number of hydrogen-bond donors (Lipinski definition) is 2. The van der Waals surface area contributed by atoms with Crippen LogP contribution in [0.1, 0.15) is 63.8 Å². The molecule has 1 atom stereocenters. The largest absolute Gasteiger partial charge is 0.493 e. The summed E-state index contributed by atoms with van der Waals surface area (Å²) in [5.74, 6) is 1.08. The molecule has 0 fully saturated rings. The van der Waals surface area contributed by atoms with Crippen molar-refractivity contribution >= 4 is 5.91 Å². The van der Waals surface area contributed by atoms with Gasteiger partial charge in [0.2, 0.25) is 5.91 Å². The molecule has 7 nitrogen and oxygen atoms in total. The van der Waals surface area contributed by atoms with Crippen LogP contribution in [0.4, 0.5) is 0 Å². The Labute approximate surface area is 194 Å². The van der Waals surface area contributed by atoms with Crippen molar-refractivity contribution in [1.82, 2.24) is 14.9 Å². The van der Waals surface area contributed by atoms with Gasteiger partial charge < -0.3 is 20.2 Å². The summed E-state index contributed by atoms with van der Waals surface area (Å²) in [5, 5.41) is 0. The van der Waals surface area contributed by atoms with Crippen molar-refractivity contribution in [2.45, 2.75) is 45.7 Å². The van der Waals surface area contributed by atoms with Crippen LogP contribution in [0.25, 0.3) is 0 Å². The maximum absolute atomic E-state index is 12.1. The minimum absolute atomic E-state index is 0.000896. The summed E-state index contributed by atoms with van der Waals surface area (Å²) in [6.45, 7) is 5.84. The molecule has 7 heteroatoms. The average Bonchev–Trinajstić information content (AvgIpc) is 3.35. The van der Waals surface area contributed by atoms with Gasteiger partial charge in [-0.05, 0) is 65.3 Å². The number of carbonyl (C=O) groups is 1. The zero-order valence-corrected chi connectivity index (χ0v) is 19.8. The summed E-state index contributed by atoms with van der Waals surface area (Å²) in [6, 6.07) is 8.16. The van der Waals surface area contributed by atoms with Crippen molar-refractivity contribution in [2.75, 3.05) is 20.8 Å². The number of ether oxygens (including phenoxy) is 2. The minimum Gasteiger partial charge on any atom is -0.493 e. The first kappa shape index (κ1) is 22.9. The summed E-state index contributed by atoms with van der Waals surface area (Å²) in [4.78, 5) is 22.0. The van der Waals surface area contributed by atoms with E-state index < -0.39 is 0 Å². The molecule has 0 radical (unpaired) electrons. The average molecular weight is 449 g/mol. The minimum atomic E-state index is -0.377. The van der Waals surface area contributed by atoms with Crippen molar-refractivity contribution in [3.63, 3.8) is 0 Å². The van der Waals surface area contributed by atoms with Gasteiger partial charge in [0.15, 0.2) is 11.5 Å². The highest BCUT2D eigenvalue weighted by Crippen LogP contribution is 2.43. The first-order chi connectivity index (χ1) is 16.0. The molecule has 174 valence electrons. The van der Waals surface area contributed by atoms with Crippen LogP contribution in [0.2, 0.25) is 0 Å². The molecular formula is C26H32N4O3. The Kier molecular flexibility index (Phi) is 6.70. The van der Waals surface area contributed by atoms with Gasteiger partial charge in [0.25, 0.3) is 0 Å². The zero-order chi connectivity index (χ0) is 23.5. The lowest BCUT2D eigenvalue weighted by atomic mass is 9.82. The number of aromatic nitrogens is 2. The SMILES string of the molecule is CCc1c(C(N)=O)ccc(C2c3cc(OC)c(OC)cc3CCN2Cc2cnc[nH]2)c1CC. The van der Waals surface area contributed by atoms with Crippen molar-refractivity contribution < 1.29 is 14.3 Å². The molecule has 2 heterocycles. The monoisotopic (exact) mass is 448 g/mol. The number of benzene rings is 2. The molecule has 0 bridgehead atoms. The molecule has 1 unspecified atom stereocenters. The van der Waals surface area contributed by atoms with Crippen LogP contribution in [0, 0.1) is 0 Å². The number of amides is 1. The van der Waals surface area contributed by atoms with Gasteiger partial charge in [0.05, 0.1) is 26.6 Å². The second kappa shape index (κ2) is 9.67. The molecule has 0 saturated carbocycles. The number of methoxy groups -OCH3 is 2. The molecule has 1 amide bonds. The van der Waals surface area contributed by atoms with E-state index in [-0.39, 0.29) is 11.9 Å². The molecule has 1 aromatic heterocycles. The molecule has 1 aliphatic rings. The fourth-order valence-electron chi connectivity index (χ4n) is 5.14. The zero-order valence-electron chi connectivity index (χ0n) is 19.8. The van der Waals surface area contributed by atoms with Crippen LogP contribution in [0.3, 0.4) is 0 Å². The Bertz CT molecular complexity index is 1140. The predicted molar refractivity (Wildman–Crippen MR) is 128 cm³/mol. The first-order valence-corrected chi connectivity index (χ1v) is 11.4. The summed E-state index contributed by atoms with van der Waals surface area (Å²) in [5.41, 5.74) is 13.3. The van der Waals surface area contributed by atoms with E-state index in [1.165, 1.54) is 22.3 Å². The molecule has 3 N–H and O–H groups in total. The summed E-state index contributed by atoms with van der Waals surface area (Å²) in [6.07, 6.45) is 6.06. The maximum atomic E-state index is 12.1. The van der Waals surface area contributed by atoms with Crippen LogP contribution in [-0.4, -0.2) is 41.5 Å². The molecule has 0 spiro atoms. The van der Waals surface area contributed by atoms with Crippen molar-refractivity contribution in [2.24, 2.45) is 5.73 Å². The number of primary amides is 1. The molecule has 33 heavy (non-hydrogen) atoms. The van der Waals surface area contributed by atoms with E-state index >= 15 is 0 Å². The second-order valence-corrected chi connectivity index (χ2v) is 8.34. The lowest BCUT2D eigenvalue weighted by molar-refractivity contribution is 0.0999. The van der Waals surface area contributed by atoms with Crippen molar-refractivity contribution in [1.29, 1.82) is 0 Å². The van der Waals surface area contributed by atoms with Gasteiger partial charge in [-0.15, -0.1) is 0 Å². The van der Waals surface area contributed by atoms with Gasteiger partial charge in [-0.1, -0.05) is 19.9 Å². The van der Waals surface area contributed by atoms with Crippen LogP contribution in [0.15, 0.2) is 36.8 Å². The Morgan fingerprint density at radius 2 is 1.85 bits per heavy atom. The van der Waals surface area contributed by atoms with Crippen LogP contribution in [-0.2, 0) is 25.8 Å². The van der Waals surface area contributed by atoms with Gasteiger partial charge in [-0.2, -0.15) is 0 Å². The number of aromatic amines is 1. The number of hydrogen-bond acceptors (Lipinski definition) is 5. The highest BCUT2D eigenvalue weighted by molar-refractivity contribution is 5.95. The standard InChI is InChI=1S/C26H32N4O3/c1-5-18-19(6-2)21(26(27)31)8-7-20(18)25-22-12-24(33-4)23(32-3)11-16(22)9-10-30(25)14-17-13-28-15-29-17/h7-8,11-13,15,25H,5-6,9-10,14H2,1-4H3,(H2,27,31)(H,28,29). The fourth-order valence-corrected chi connectivity index (χ4v) is 5.14. The molecule has 0 aliphatic carbocycles. The van der Waals surface area contributed by atoms with Gasteiger partial charge >= 0.3 is 0 Å². The van der Waals surface area contributed by atoms with E-state index in [0.29, 0.717) is 11.3 Å². The lowest BCUT2D eigenvalue weighted by Crippen LogP contribution is -2.36. The summed E-state index contributed by atoms with van der Waals surface area (Å²) < 4.78 is 11.2. The number of imidazole rings is 1. The number of fused-ring (bicyclic) bond motifs is 1. The normalized spacial score (nSPS) is 15.8. The third-order valence-electron chi connectivity index (χ3n) is 6.64. The van der Waals surface area contributed by atoms with Crippen LogP contribution < -0.4 is 15.2 Å². The number of nitrogens with two attached hydrogens (primary N) is 1. The molecule has 2 aromatic carbocycles. The molecule has 1 aliphatic heterocycles. The highest BCUT2D eigenvalue weighted by Gasteiger charge is 2.33. The molecule has 4 rings (SSSR count). The quantitative estimate of drug-likeness (QED) is 0.547. The number of rotatable bonds is 8. The molecule has 3 aromatic rings. The number of nitrogens with zero attached hydrogens (tertiary/aromatic N) is 2. The topological polar surface area (TPSA) is 93.5 Å². The highest BCUT2D eigenvalue weighted by atomic mass is 16.5. The Balaban J connectivity index is 1.93. The van der Waals surface area contributed by atoms with Gasteiger partial charge in [-0.25, -0.2) is 4.98 Å².